The molecular formula is C26H34N2O5. The van der Waals surface area contributed by atoms with Crippen LogP contribution in [-0.2, 0) is 26.3 Å². The molecule has 2 N–H and O–H groups in total. The zero-order chi connectivity index (χ0) is 24.6. The number of hydrogen-bond acceptors (Lipinski definition) is 5. The molecule has 7 heteroatoms. The van der Waals surface area contributed by atoms with Crippen LogP contribution < -0.4 is 15.4 Å². The molecule has 7 nitrogen and oxygen atoms in total. The predicted molar refractivity (Wildman–Crippen MR) is 127 cm³/mol. The Morgan fingerprint density at radius 3 is 2.18 bits per heavy atom. The van der Waals surface area contributed by atoms with Crippen molar-refractivity contribution in [3.63, 3.8) is 0 Å². The molecule has 0 heterocycles. The molecular weight excluding hydrogens is 420 g/mol. The summed E-state index contributed by atoms with van der Waals surface area (Å²) in [6.07, 6.45) is 0. The minimum Gasteiger partial charge on any atom is -0.496 e. The molecule has 0 aromatic heterocycles. The monoisotopic (exact) mass is 454 g/mol. The maximum Gasteiger partial charge on any atom is 0.329 e. The van der Waals surface area contributed by atoms with Crippen LogP contribution in [0.3, 0.4) is 0 Å². The number of methoxy groups -OCH3 is 1. The summed E-state index contributed by atoms with van der Waals surface area (Å²) in [5.41, 5.74) is 2.35. The first-order chi connectivity index (χ1) is 15.5. The molecule has 0 saturated carbocycles. The zero-order valence-electron chi connectivity index (χ0n) is 20.2. The Morgan fingerprint density at radius 1 is 0.970 bits per heavy atom. The molecule has 2 amide bonds. The number of amides is 2. The molecule has 0 radical (unpaired) electrons. The normalized spacial score (nSPS) is 12.1. The van der Waals surface area contributed by atoms with Crippen LogP contribution in [0.5, 0.6) is 5.75 Å². The molecule has 2 aromatic rings. The van der Waals surface area contributed by atoms with Gasteiger partial charge in [0.15, 0.2) is 6.61 Å². The third-order valence-electron chi connectivity index (χ3n) is 5.23. The average Bonchev–Trinajstić information content (AvgIpc) is 2.78. The molecule has 33 heavy (non-hydrogen) atoms. The molecule has 0 aliphatic heterocycles. The van der Waals surface area contributed by atoms with Crippen LogP contribution in [0.2, 0.25) is 0 Å². The SMILES string of the molecule is COc1ccccc1CNC(=O)COC(=O)C(NC(=O)c1ccc(C(C)(C)C)cc1)C(C)C. The number of para-hydroxylation sites is 1. The molecule has 0 fully saturated rings. The van der Waals surface area contributed by atoms with Crippen LogP contribution in [0.4, 0.5) is 0 Å². The molecule has 1 unspecified atom stereocenters. The van der Waals surface area contributed by atoms with E-state index in [-0.39, 0.29) is 23.8 Å². The minimum atomic E-state index is -0.873. The minimum absolute atomic E-state index is 0.0223. The van der Waals surface area contributed by atoms with Gasteiger partial charge in [-0.25, -0.2) is 4.79 Å². The van der Waals surface area contributed by atoms with Gasteiger partial charge in [0, 0.05) is 17.7 Å². The number of esters is 1. The Labute approximate surface area is 195 Å². The highest BCUT2D eigenvalue weighted by Gasteiger charge is 2.27. The van der Waals surface area contributed by atoms with E-state index in [1.807, 2.05) is 30.3 Å². The molecule has 0 aliphatic carbocycles. The van der Waals surface area contributed by atoms with Gasteiger partial charge in [-0.2, -0.15) is 0 Å². The second kappa shape index (κ2) is 11.5. The van der Waals surface area contributed by atoms with E-state index in [0.29, 0.717) is 11.3 Å². The summed E-state index contributed by atoms with van der Waals surface area (Å²) < 4.78 is 10.4. The van der Waals surface area contributed by atoms with Crippen molar-refractivity contribution >= 4 is 17.8 Å². The van der Waals surface area contributed by atoms with E-state index < -0.39 is 24.5 Å². The largest absolute Gasteiger partial charge is 0.496 e. The third-order valence-corrected chi connectivity index (χ3v) is 5.23. The van der Waals surface area contributed by atoms with E-state index in [9.17, 15) is 14.4 Å². The number of rotatable bonds is 9. The van der Waals surface area contributed by atoms with E-state index in [1.165, 1.54) is 0 Å². The number of carbonyl (C=O) groups is 3. The maximum absolute atomic E-state index is 12.7. The second-order valence-corrected chi connectivity index (χ2v) is 9.22. The first-order valence-electron chi connectivity index (χ1n) is 11.0. The summed E-state index contributed by atoms with van der Waals surface area (Å²) >= 11 is 0. The summed E-state index contributed by atoms with van der Waals surface area (Å²) in [5, 5.41) is 5.42. The van der Waals surface area contributed by atoms with Gasteiger partial charge in [-0.15, -0.1) is 0 Å². The highest BCUT2D eigenvalue weighted by atomic mass is 16.5. The topological polar surface area (TPSA) is 93.7 Å². The lowest BCUT2D eigenvalue weighted by Crippen LogP contribution is -2.46. The average molecular weight is 455 g/mol. The highest BCUT2D eigenvalue weighted by Crippen LogP contribution is 2.22. The van der Waals surface area contributed by atoms with Crippen LogP contribution in [0.15, 0.2) is 48.5 Å². The molecule has 2 aromatic carbocycles. The molecule has 0 aliphatic rings. The number of hydrogen-bond donors (Lipinski definition) is 2. The number of nitrogens with one attached hydrogen (secondary N) is 2. The van der Waals surface area contributed by atoms with Gasteiger partial charge in [-0.1, -0.05) is 65.0 Å². The fourth-order valence-electron chi connectivity index (χ4n) is 3.16. The summed E-state index contributed by atoms with van der Waals surface area (Å²) in [4.78, 5) is 37.4. The Morgan fingerprint density at radius 2 is 1.61 bits per heavy atom. The zero-order valence-corrected chi connectivity index (χ0v) is 20.2. The first-order valence-corrected chi connectivity index (χ1v) is 11.0. The second-order valence-electron chi connectivity index (χ2n) is 9.22. The number of ether oxygens (including phenoxy) is 2. The van der Waals surface area contributed by atoms with Gasteiger partial charge in [0.1, 0.15) is 11.8 Å². The van der Waals surface area contributed by atoms with Crippen molar-refractivity contribution in [3.05, 3.63) is 65.2 Å². The van der Waals surface area contributed by atoms with Crippen molar-refractivity contribution in [1.29, 1.82) is 0 Å². The van der Waals surface area contributed by atoms with E-state index >= 15 is 0 Å². The van der Waals surface area contributed by atoms with Crippen molar-refractivity contribution in [1.82, 2.24) is 10.6 Å². The smallest absolute Gasteiger partial charge is 0.329 e. The molecule has 0 spiro atoms. The molecule has 2 rings (SSSR count). The summed E-state index contributed by atoms with van der Waals surface area (Å²) in [6.45, 7) is 9.70. The highest BCUT2D eigenvalue weighted by molar-refractivity contribution is 5.97. The quantitative estimate of drug-likeness (QED) is 0.565. The Hall–Kier alpha value is -3.35. The van der Waals surface area contributed by atoms with Gasteiger partial charge >= 0.3 is 5.97 Å². The van der Waals surface area contributed by atoms with Crippen LogP contribution in [0.25, 0.3) is 0 Å². The van der Waals surface area contributed by atoms with E-state index in [4.69, 9.17) is 9.47 Å². The number of benzene rings is 2. The van der Waals surface area contributed by atoms with Crippen LogP contribution in [0.1, 0.15) is 56.1 Å². The van der Waals surface area contributed by atoms with Crippen molar-refractivity contribution in [2.45, 2.75) is 52.6 Å². The van der Waals surface area contributed by atoms with Gasteiger partial charge in [-0.05, 0) is 35.1 Å². The fraction of sp³-hybridized carbons (Fsp3) is 0.423. The molecule has 0 bridgehead atoms. The fourth-order valence-corrected chi connectivity index (χ4v) is 3.16. The van der Waals surface area contributed by atoms with Crippen LogP contribution in [-0.4, -0.2) is 37.5 Å². The summed E-state index contributed by atoms with van der Waals surface area (Å²) in [5.74, 6) is -1.02. The van der Waals surface area contributed by atoms with Gasteiger partial charge in [0.25, 0.3) is 11.8 Å². The third kappa shape index (κ3) is 7.63. The van der Waals surface area contributed by atoms with Crippen molar-refractivity contribution < 1.29 is 23.9 Å². The maximum atomic E-state index is 12.7. The van der Waals surface area contributed by atoms with Crippen LogP contribution >= 0.6 is 0 Å². The number of carbonyl (C=O) groups excluding carboxylic acids is 3. The Balaban J connectivity index is 1.91. The van der Waals surface area contributed by atoms with Gasteiger partial charge in [0.2, 0.25) is 0 Å². The molecule has 0 saturated heterocycles. The van der Waals surface area contributed by atoms with Crippen molar-refractivity contribution in [2.75, 3.05) is 13.7 Å². The predicted octanol–water partition coefficient (Wildman–Crippen LogP) is 3.61. The van der Waals surface area contributed by atoms with Gasteiger partial charge in [0.05, 0.1) is 7.11 Å². The lowest BCUT2D eigenvalue weighted by atomic mass is 9.86. The van der Waals surface area contributed by atoms with E-state index in [0.717, 1.165) is 11.1 Å². The Bertz CT molecular complexity index is 961. The van der Waals surface area contributed by atoms with Gasteiger partial charge < -0.3 is 20.1 Å². The molecule has 178 valence electrons. The molecule has 1 atom stereocenters. The van der Waals surface area contributed by atoms with Gasteiger partial charge in [-0.3, -0.25) is 9.59 Å². The van der Waals surface area contributed by atoms with Crippen LogP contribution in [0, 0.1) is 5.92 Å². The lowest BCUT2D eigenvalue weighted by molar-refractivity contribution is -0.151. The van der Waals surface area contributed by atoms with Crippen molar-refractivity contribution in [3.8, 4) is 5.75 Å². The summed E-state index contributed by atoms with van der Waals surface area (Å²) in [7, 11) is 1.56. The standard InChI is InChI=1S/C26H34N2O5/c1-17(2)23(28-24(30)18-11-13-20(14-12-18)26(3,4)5)25(31)33-16-22(29)27-15-19-9-7-8-10-21(19)32-6/h7-14,17,23H,15-16H2,1-6H3,(H,27,29)(H,28,30). The first kappa shape index (κ1) is 25.9. The van der Waals surface area contributed by atoms with E-state index in [1.54, 1.807) is 39.2 Å². The lowest BCUT2D eigenvalue weighted by Gasteiger charge is -2.22. The van der Waals surface area contributed by atoms with Crippen molar-refractivity contribution in [2.24, 2.45) is 5.92 Å². The summed E-state index contributed by atoms with van der Waals surface area (Å²) in [6, 6.07) is 13.7. The Kier molecular flexibility index (Phi) is 9.02. The van der Waals surface area contributed by atoms with E-state index in [2.05, 4.69) is 31.4 Å².